The van der Waals surface area contributed by atoms with E-state index in [0.717, 1.165) is 29.0 Å². The molecule has 0 saturated heterocycles. The Morgan fingerprint density at radius 2 is 1.43 bits per heavy atom. The number of pyridine rings is 1. The molecule has 8 nitrogen and oxygen atoms in total. The van der Waals surface area contributed by atoms with Crippen LogP contribution in [0.1, 0.15) is 52.0 Å². The molecule has 0 spiro atoms. The molecule has 0 fully saturated rings. The van der Waals surface area contributed by atoms with Gasteiger partial charge in [0.05, 0.1) is 19.8 Å². The first-order chi connectivity index (χ1) is 14.3. The van der Waals surface area contributed by atoms with Gasteiger partial charge in [0.1, 0.15) is 11.1 Å². The third-order valence-electron chi connectivity index (χ3n) is 3.83. The largest absolute Gasteiger partial charge is 0.462 e. The Hall–Kier alpha value is -3.56. The number of hydrogen-bond acceptors (Lipinski definition) is 7. The topological polar surface area (TPSA) is 101 Å². The van der Waals surface area contributed by atoms with Gasteiger partial charge in [-0.15, -0.1) is 0 Å². The number of carbonyl (C=O) groups is 3. The zero-order valence-corrected chi connectivity index (χ0v) is 16.5. The molecule has 0 aliphatic heterocycles. The first kappa shape index (κ1) is 22.7. The number of rotatable bonds is 7. The van der Waals surface area contributed by atoms with E-state index in [0.29, 0.717) is 0 Å². The molecule has 0 unspecified atom stereocenters. The van der Waals surface area contributed by atoms with E-state index in [2.05, 4.69) is 0 Å². The Bertz CT molecular complexity index is 1050. The van der Waals surface area contributed by atoms with Crippen molar-refractivity contribution in [3.05, 3.63) is 63.1 Å². The molecule has 2 aromatic rings. The lowest BCUT2D eigenvalue weighted by Crippen LogP contribution is -2.32. The van der Waals surface area contributed by atoms with Crippen molar-refractivity contribution in [2.24, 2.45) is 0 Å². The molecule has 0 saturated carbocycles. The molecule has 0 atom stereocenters. The Morgan fingerprint density at radius 1 is 0.867 bits per heavy atom. The molecule has 160 valence electrons. The fourth-order valence-electron chi connectivity index (χ4n) is 2.60. The van der Waals surface area contributed by atoms with Crippen LogP contribution < -0.4 is 5.43 Å². The van der Waals surface area contributed by atoms with Crippen molar-refractivity contribution in [1.29, 1.82) is 0 Å². The zero-order valence-electron chi connectivity index (χ0n) is 16.5. The van der Waals surface area contributed by atoms with E-state index in [-0.39, 0.29) is 25.5 Å². The molecule has 1 aromatic carbocycles. The molecule has 10 heteroatoms. The maximum absolute atomic E-state index is 13.8. The number of halogens is 2. The Balaban J connectivity index is 2.96. The van der Waals surface area contributed by atoms with Crippen LogP contribution in [0.2, 0.25) is 0 Å². The summed E-state index contributed by atoms with van der Waals surface area (Å²) in [5, 5.41) is 0. The van der Waals surface area contributed by atoms with Crippen molar-refractivity contribution in [1.82, 2.24) is 4.57 Å². The Labute approximate surface area is 170 Å². The Morgan fingerprint density at radius 3 is 2.00 bits per heavy atom. The van der Waals surface area contributed by atoms with Crippen LogP contribution in [0, 0.1) is 11.6 Å². The number of nitrogens with zero attached hydrogens (tertiary/aromatic N) is 1. The van der Waals surface area contributed by atoms with Gasteiger partial charge in [0.15, 0.2) is 17.3 Å². The van der Waals surface area contributed by atoms with E-state index in [1.165, 1.54) is 20.8 Å². The molecule has 0 aliphatic rings. The third-order valence-corrected chi connectivity index (χ3v) is 3.83. The van der Waals surface area contributed by atoms with Crippen molar-refractivity contribution in [3.63, 3.8) is 0 Å². The predicted molar refractivity (Wildman–Crippen MR) is 99.8 cm³/mol. The molecular formula is C20H19F2NO7. The number of benzene rings is 1. The van der Waals surface area contributed by atoms with Gasteiger partial charge in [-0.05, 0) is 32.9 Å². The highest BCUT2D eigenvalue weighted by Gasteiger charge is 2.31. The van der Waals surface area contributed by atoms with E-state index in [9.17, 15) is 28.0 Å². The van der Waals surface area contributed by atoms with Gasteiger partial charge in [-0.25, -0.2) is 23.2 Å². The second-order valence-corrected chi connectivity index (χ2v) is 5.73. The van der Waals surface area contributed by atoms with E-state index < -0.39 is 51.8 Å². The van der Waals surface area contributed by atoms with E-state index in [4.69, 9.17) is 14.2 Å². The van der Waals surface area contributed by atoms with Gasteiger partial charge in [-0.3, -0.25) is 4.79 Å². The summed E-state index contributed by atoms with van der Waals surface area (Å²) in [6.07, 6.45) is 0.905. The molecule has 30 heavy (non-hydrogen) atoms. The molecule has 1 aromatic heterocycles. The summed E-state index contributed by atoms with van der Waals surface area (Å²) < 4.78 is 42.7. The standard InChI is InChI=1S/C20H19F2NO7/c1-4-28-18(25)12-10-23(11-7-8-13(21)14(22)9-11)16(20(27)30-6-3)15(17(12)24)19(26)29-5-2/h7-10H,4-6H2,1-3H3. The van der Waals surface area contributed by atoms with Gasteiger partial charge in [-0.2, -0.15) is 0 Å². The summed E-state index contributed by atoms with van der Waals surface area (Å²) in [4.78, 5) is 50.3. The fourth-order valence-corrected chi connectivity index (χ4v) is 2.60. The number of carbonyl (C=O) groups excluding carboxylic acids is 3. The highest BCUT2D eigenvalue weighted by Crippen LogP contribution is 2.20. The normalized spacial score (nSPS) is 10.4. The van der Waals surface area contributed by atoms with Crippen LogP contribution in [0.25, 0.3) is 5.69 Å². The average Bonchev–Trinajstić information content (AvgIpc) is 2.70. The predicted octanol–water partition coefficient (Wildman–Crippen LogP) is 2.65. The molecule has 1 heterocycles. The Kier molecular flexibility index (Phi) is 7.40. The lowest BCUT2D eigenvalue weighted by molar-refractivity contribution is 0.0465. The number of hydrogen-bond donors (Lipinski definition) is 0. The summed E-state index contributed by atoms with van der Waals surface area (Å²) >= 11 is 0. The first-order valence-corrected chi connectivity index (χ1v) is 9.03. The monoisotopic (exact) mass is 423 g/mol. The summed E-state index contributed by atoms with van der Waals surface area (Å²) in [5.74, 6) is -5.77. The van der Waals surface area contributed by atoms with Gasteiger partial charge >= 0.3 is 17.9 Å². The van der Waals surface area contributed by atoms with Crippen LogP contribution in [-0.4, -0.2) is 42.3 Å². The van der Waals surface area contributed by atoms with Crippen molar-refractivity contribution >= 4 is 17.9 Å². The first-order valence-electron chi connectivity index (χ1n) is 9.03. The lowest BCUT2D eigenvalue weighted by atomic mass is 10.1. The SMILES string of the molecule is CCOC(=O)c1cn(-c2ccc(F)c(F)c2)c(C(=O)OCC)c(C(=O)OCC)c1=O. The minimum atomic E-state index is -1.25. The van der Waals surface area contributed by atoms with Crippen LogP contribution in [0.4, 0.5) is 8.78 Å². The molecule has 0 N–H and O–H groups in total. The lowest BCUT2D eigenvalue weighted by Gasteiger charge is -2.17. The van der Waals surface area contributed by atoms with Crippen molar-refractivity contribution < 1.29 is 37.4 Å². The fraction of sp³-hybridized carbons (Fsp3) is 0.300. The summed E-state index contributed by atoms with van der Waals surface area (Å²) in [6, 6.07) is 2.60. The highest BCUT2D eigenvalue weighted by molar-refractivity contribution is 6.04. The van der Waals surface area contributed by atoms with Gasteiger partial charge in [0.2, 0.25) is 5.43 Å². The van der Waals surface area contributed by atoms with Crippen LogP contribution in [0.5, 0.6) is 0 Å². The van der Waals surface area contributed by atoms with E-state index in [1.807, 2.05) is 0 Å². The number of esters is 3. The van der Waals surface area contributed by atoms with E-state index in [1.54, 1.807) is 0 Å². The summed E-state index contributed by atoms with van der Waals surface area (Å²) in [6.45, 7) is 4.17. The van der Waals surface area contributed by atoms with Gasteiger partial charge in [0, 0.05) is 18.0 Å². The summed E-state index contributed by atoms with van der Waals surface area (Å²) in [5.41, 5.74) is -3.25. The molecular weight excluding hydrogens is 404 g/mol. The number of ether oxygens (including phenoxy) is 3. The van der Waals surface area contributed by atoms with Crippen LogP contribution >= 0.6 is 0 Å². The minimum Gasteiger partial charge on any atom is -0.462 e. The smallest absolute Gasteiger partial charge is 0.356 e. The van der Waals surface area contributed by atoms with Crippen molar-refractivity contribution in [2.45, 2.75) is 20.8 Å². The molecule has 2 rings (SSSR count). The van der Waals surface area contributed by atoms with Crippen LogP contribution in [0.15, 0.2) is 29.2 Å². The quantitative estimate of drug-likeness (QED) is 0.498. The maximum Gasteiger partial charge on any atom is 0.356 e. The van der Waals surface area contributed by atoms with Crippen molar-refractivity contribution in [3.8, 4) is 5.69 Å². The molecule has 0 aliphatic carbocycles. The minimum absolute atomic E-state index is 0.0716. The van der Waals surface area contributed by atoms with Crippen molar-refractivity contribution in [2.75, 3.05) is 19.8 Å². The van der Waals surface area contributed by atoms with Gasteiger partial charge in [-0.1, -0.05) is 0 Å². The van der Waals surface area contributed by atoms with E-state index >= 15 is 0 Å². The molecule has 0 radical (unpaired) electrons. The molecule has 0 amide bonds. The molecule has 0 bridgehead atoms. The number of aromatic nitrogens is 1. The van der Waals surface area contributed by atoms with Crippen LogP contribution in [-0.2, 0) is 14.2 Å². The van der Waals surface area contributed by atoms with Crippen LogP contribution in [0.3, 0.4) is 0 Å². The maximum atomic E-state index is 13.8. The van der Waals surface area contributed by atoms with Gasteiger partial charge in [0.25, 0.3) is 0 Å². The third kappa shape index (κ3) is 4.53. The zero-order chi connectivity index (χ0) is 22.4. The van der Waals surface area contributed by atoms with Gasteiger partial charge < -0.3 is 18.8 Å². The summed E-state index contributed by atoms with van der Waals surface area (Å²) in [7, 11) is 0. The second-order valence-electron chi connectivity index (χ2n) is 5.73. The second kappa shape index (κ2) is 9.77. The average molecular weight is 423 g/mol. The highest BCUT2D eigenvalue weighted by atomic mass is 19.2.